The molecule has 104 valence electrons. The van der Waals surface area contributed by atoms with E-state index in [0.717, 1.165) is 0 Å². The van der Waals surface area contributed by atoms with Crippen LogP contribution in [0.3, 0.4) is 0 Å². The summed E-state index contributed by atoms with van der Waals surface area (Å²) in [7, 11) is 1.49. The maximum absolute atomic E-state index is 11.9. The van der Waals surface area contributed by atoms with E-state index in [-0.39, 0.29) is 24.4 Å². The molecule has 0 unspecified atom stereocenters. The predicted molar refractivity (Wildman–Crippen MR) is 73.0 cm³/mol. The first-order valence-electron chi connectivity index (χ1n) is 5.94. The Labute approximate surface area is 112 Å². The van der Waals surface area contributed by atoms with Crippen LogP contribution in [0.15, 0.2) is 18.2 Å². The van der Waals surface area contributed by atoms with Crippen molar-refractivity contribution < 1.29 is 14.3 Å². The van der Waals surface area contributed by atoms with Gasteiger partial charge in [0.05, 0.1) is 13.7 Å². The zero-order valence-electron chi connectivity index (χ0n) is 11.3. The topological polar surface area (TPSA) is 93.4 Å². The smallest absolute Gasteiger partial charge is 0.251 e. The van der Waals surface area contributed by atoms with E-state index >= 15 is 0 Å². The lowest BCUT2D eigenvalue weighted by molar-refractivity contribution is -0.120. The highest BCUT2D eigenvalue weighted by Crippen LogP contribution is 2.18. The van der Waals surface area contributed by atoms with Crippen LogP contribution < -0.4 is 21.1 Å². The molecular formula is C13H19N3O3. The van der Waals surface area contributed by atoms with Gasteiger partial charge in [0.1, 0.15) is 5.75 Å². The molecule has 0 spiro atoms. The molecule has 1 rings (SSSR count). The van der Waals surface area contributed by atoms with Crippen LogP contribution in [-0.2, 0) is 4.79 Å². The molecule has 19 heavy (non-hydrogen) atoms. The summed E-state index contributed by atoms with van der Waals surface area (Å²) in [6.07, 6.45) is 0. The van der Waals surface area contributed by atoms with Gasteiger partial charge in [-0.1, -0.05) is 0 Å². The van der Waals surface area contributed by atoms with Crippen molar-refractivity contribution in [3.8, 4) is 5.75 Å². The molecule has 0 bridgehead atoms. The van der Waals surface area contributed by atoms with Crippen molar-refractivity contribution >= 4 is 17.5 Å². The minimum absolute atomic E-state index is 0.0388. The summed E-state index contributed by atoms with van der Waals surface area (Å²) in [5.41, 5.74) is 6.44. The standard InChI is InChI=1S/C13H19N3O3/c1-8(2)16-12(17)7-15-13(18)9-4-10(14)6-11(5-9)19-3/h4-6,8H,7,14H2,1-3H3,(H,15,18)(H,16,17). The average molecular weight is 265 g/mol. The van der Waals surface area contributed by atoms with Gasteiger partial charge in [-0.15, -0.1) is 0 Å². The number of nitrogens with one attached hydrogen (secondary N) is 2. The van der Waals surface area contributed by atoms with E-state index in [4.69, 9.17) is 10.5 Å². The highest BCUT2D eigenvalue weighted by molar-refractivity contribution is 5.97. The van der Waals surface area contributed by atoms with Crippen molar-refractivity contribution in [1.29, 1.82) is 0 Å². The number of benzene rings is 1. The Morgan fingerprint density at radius 3 is 2.58 bits per heavy atom. The average Bonchev–Trinajstić information content (AvgIpc) is 2.34. The molecule has 0 heterocycles. The lowest BCUT2D eigenvalue weighted by atomic mass is 10.1. The van der Waals surface area contributed by atoms with Crippen molar-refractivity contribution in [1.82, 2.24) is 10.6 Å². The molecule has 1 aromatic carbocycles. The van der Waals surface area contributed by atoms with Gasteiger partial charge >= 0.3 is 0 Å². The molecule has 0 aromatic heterocycles. The molecule has 1 aromatic rings. The number of carbonyl (C=O) groups excluding carboxylic acids is 2. The number of nitrogens with two attached hydrogens (primary N) is 1. The van der Waals surface area contributed by atoms with E-state index in [0.29, 0.717) is 17.0 Å². The van der Waals surface area contributed by atoms with Crippen LogP contribution in [0.1, 0.15) is 24.2 Å². The number of hydrogen-bond donors (Lipinski definition) is 3. The van der Waals surface area contributed by atoms with Gasteiger partial charge in [0, 0.05) is 23.4 Å². The molecule has 4 N–H and O–H groups in total. The molecule has 0 fully saturated rings. The normalized spacial score (nSPS) is 10.1. The number of methoxy groups -OCH3 is 1. The second kappa shape index (κ2) is 6.63. The second-order valence-corrected chi connectivity index (χ2v) is 4.40. The maximum atomic E-state index is 11.9. The summed E-state index contributed by atoms with van der Waals surface area (Å²) >= 11 is 0. The van der Waals surface area contributed by atoms with Gasteiger partial charge in [-0.05, 0) is 26.0 Å². The summed E-state index contributed by atoms with van der Waals surface area (Å²) < 4.78 is 5.02. The van der Waals surface area contributed by atoms with E-state index in [2.05, 4.69) is 10.6 Å². The number of amides is 2. The van der Waals surface area contributed by atoms with Crippen LogP contribution in [0.25, 0.3) is 0 Å². The minimum Gasteiger partial charge on any atom is -0.497 e. The third-order valence-corrected chi connectivity index (χ3v) is 2.29. The largest absolute Gasteiger partial charge is 0.497 e. The first-order valence-corrected chi connectivity index (χ1v) is 5.94. The number of ether oxygens (including phenoxy) is 1. The third kappa shape index (κ3) is 4.87. The fourth-order valence-electron chi connectivity index (χ4n) is 1.51. The first kappa shape index (κ1) is 14.8. The fourth-order valence-corrected chi connectivity index (χ4v) is 1.51. The summed E-state index contributed by atoms with van der Waals surface area (Å²) in [6.45, 7) is 3.62. The Kier molecular flexibility index (Phi) is 5.17. The van der Waals surface area contributed by atoms with Gasteiger partial charge < -0.3 is 21.1 Å². The van der Waals surface area contributed by atoms with Gasteiger partial charge in [-0.25, -0.2) is 0 Å². The van der Waals surface area contributed by atoms with Crippen molar-refractivity contribution in [3.63, 3.8) is 0 Å². The lowest BCUT2D eigenvalue weighted by Crippen LogP contribution is -2.39. The van der Waals surface area contributed by atoms with E-state index in [1.165, 1.54) is 13.2 Å². The number of rotatable bonds is 5. The van der Waals surface area contributed by atoms with Crippen LogP contribution in [0.4, 0.5) is 5.69 Å². The molecule has 0 saturated carbocycles. The summed E-state index contributed by atoms with van der Waals surface area (Å²) in [5.74, 6) is -0.111. The minimum atomic E-state index is -0.371. The molecule has 0 aliphatic rings. The molecule has 2 amide bonds. The van der Waals surface area contributed by atoms with Gasteiger partial charge in [-0.2, -0.15) is 0 Å². The maximum Gasteiger partial charge on any atom is 0.251 e. The Morgan fingerprint density at radius 2 is 2.00 bits per heavy atom. The van der Waals surface area contributed by atoms with Crippen molar-refractivity contribution in [2.24, 2.45) is 0 Å². The van der Waals surface area contributed by atoms with E-state index in [1.807, 2.05) is 13.8 Å². The van der Waals surface area contributed by atoms with Crippen LogP contribution in [0.2, 0.25) is 0 Å². The lowest BCUT2D eigenvalue weighted by Gasteiger charge is -2.10. The molecule has 0 radical (unpaired) electrons. The predicted octanol–water partition coefficient (Wildman–Crippen LogP) is 0.532. The number of nitrogen functional groups attached to an aromatic ring is 1. The van der Waals surface area contributed by atoms with E-state index in [1.54, 1.807) is 12.1 Å². The number of hydrogen-bond acceptors (Lipinski definition) is 4. The Bertz CT molecular complexity index is 472. The highest BCUT2D eigenvalue weighted by atomic mass is 16.5. The first-order chi connectivity index (χ1) is 8.92. The van der Waals surface area contributed by atoms with Gasteiger partial charge in [0.25, 0.3) is 5.91 Å². The van der Waals surface area contributed by atoms with Crippen molar-refractivity contribution in [2.45, 2.75) is 19.9 Å². The van der Waals surface area contributed by atoms with Crippen LogP contribution in [0.5, 0.6) is 5.75 Å². The Hall–Kier alpha value is -2.24. The Balaban J connectivity index is 2.63. The number of carbonyl (C=O) groups is 2. The van der Waals surface area contributed by atoms with Gasteiger partial charge in [-0.3, -0.25) is 9.59 Å². The van der Waals surface area contributed by atoms with Gasteiger partial charge in [0.15, 0.2) is 0 Å². The van der Waals surface area contributed by atoms with E-state index < -0.39 is 0 Å². The molecule has 0 aliphatic heterocycles. The molecular weight excluding hydrogens is 246 g/mol. The van der Waals surface area contributed by atoms with Crippen molar-refractivity contribution in [2.75, 3.05) is 19.4 Å². The van der Waals surface area contributed by atoms with Crippen LogP contribution >= 0.6 is 0 Å². The summed E-state index contributed by atoms with van der Waals surface area (Å²) in [6, 6.07) is 4.74. The molecule has 0 aliphatic carbocycles. The summed E-state index contributed by atoms with van der Waals surface area (Å²) in [4.78, 5) is 23.3. The molecule has 0 saturated heterocycles. The SMILES string of the molecule is COc1cc(N)cc(C(=O)NCC(=O)NC(C)C)c1. The molecule has 0 atom stereocenters. The van der Waals surface area contributed by atoms with Crippen molar-refractivity contribution in [3.05, 3.63) is 23.8 Å². The molecule has 6 heteroatoms. The zero-order chi connectivity index (χ0) is 14.4. The molecule has 6 nitrogen and oxygen atoms in total. The van der Waals surface area contributed by atoms with Gasteiger partial charge in [0.2, 0.25) is 5.91 Å². The monoisotopic (exact) mass is 265 g/mol. The summed E-state index contributed by atoms with van der Waals surface area (Å²) in [5, 5.41) is 5.20. The fraction of sp³-hybridized carbons (Fsp3) is 0.385. The highest BCUT2D eigenvalue weighted by Gasteiger charge is 2.10. The van der Waals surface area contributed by atoms with E-state index in [9.17, 15) is 9.59 Å². The number of anilines is 1. The Morgan fingerprint density at radius 1 is 1.32 bits per heavy atom. The third-order valence-electron chi connectivity index (χ3n) is 2.29. The quantitative estimate of drug-likeness (QED) is 0.677. The zero-order valence-corrected chi connectivity index (χ0v) is 11.3. The van der Waals surface area contributed by atoms with Crippen LogP contribution in [-0.4, -0.2) is 31.5 Å². The second-order valence-electron chi connectivity index (χ2n) is 4.40. The van der Waals surface area contributed by atoms with Crippen LogP contribution in [0, 0.1) is 0 Å².